The summed E-state index contributed by atoms with van der Waals surface area (Å²) in [5, 5.41) is 23.5. The number of phenolic OH excluding ortho intramolecular Hbond substituents is 1. The number of carbonyl (C=O) groups excluding carboxylic acids is 1. The molecule has 0 bridgehead atoms. The minimum atomic E-state index is -1.06. The number of hydrogen-bond acceptors (Lipinski definition) is 5. The normalized spacial score (nSPS) is 12.1. The Morgan fingerprint density at radius 2 is 1.64 bits per heavy atom. The van der Waals surface area contributed by atoms with Crippen molar-refractivity contribution in [2.75, 3.05) is 6.61 Å². The summed E-state index contributed by atoms with van der Waals surface area (Å²) in [5.74, 6) is -0.557. The third-order valence-electron chi connectivity index (χ3n) is 5.05. The maximum atomic E-state index is 12.3. The van der Waals surface area contributed by atoms with Gasteiger partial charge in [0.2, 0.25) is 5.91 Å². The molecule has 2 aromatic rings. The van der Waals surface area contributed by atoms with E-state index >= 15 is 0 Å². The molecule has 2 aromatic carbocycles. The van der Waals surface area contributed by atoms with Gasteiger partial charge in [-0.2, -0.15) is 5.10 Å². The molecule has 33 heavy (non-hydrogen) atoms. The number of rotatable bonds is 8. The molecule has 178 valence electrons. The summed E-state index contributed by atoms with van der Waals surface area (Å²) in [6.45, 7) is 11.9. The highest BCUT2D eigenvalue weighted by Gasteiger charge is 2.26. The highest BCUT2D eigenvalue weighted by molar-refractivity contribution is 5.83. The van der Waals surface area contributed by atoms with Gasteiger partial charge in [-0.1, -0.05) is 65.8 Å². The van der Waals surface area contributed by atoms with E-state index in [1.165, 1.54) is 6.21 Å². The average Bonchev–Trinajstić information content (AvgIpc) is 2.70. The van der Waals surface area contributed by atoms with Gasteiger partial charge >= 0.3 is 5.97 Å². The molecule has 0 aliphatic heterocycles. The van der Waals surface area contributed by atoms with Crippen molar-refractivity contribution in [1.29, 1.82) is 0 Å². The van der Waals surface area contributed by atoms with Crippen LogP contribution in [0.1, 0.15) is 70.2 Å². The van der Waals surface area contributed by atoms with Crippen molar-refractivity contribution in [2.45, 2.75) is 65.2 Å². The fourth-order valence-electron chi connectivity index (χ4n) is 3.30. The highest BCUT2D eigenvalue weighted by atomic mass is 16.5. The van der Waals surface area contributed by atoms with Gasteiger partial charge in [-0.15, -0.1) is 0 Å². The number of carboxylic acids is 1. The number of hydrazone groups is 1. The Kier molecular flexibility index (Phi) is 8.25. The number of benzene rings is 2. The van der Waals surface area contributed by atoms with E-state index in [2.05, 4.69) is 52.1 Å². The Bertz CT molecular complexity index is 995. The van der Waals surface area contributed by atoms with Gasteiger partial charge in [0.05, 0.1) is 6.21 Å². The van der Waals surface area contributed by atoms with Crippen LogP contribution in [0.5, 0.6) is 11.5 Å². The third kappa shape index (κ3) is 7.93. The van der Waals surface area contributed by atoms with Gasteiger partial charge in [0.15, 0.2) is 6.61 Å². The zero-order chi connectivity index (χ0) is 24.8. The zero-order valence-corrected chi connectivity index (χ0v) is 20.2. The number of aromatic hydroxyl groups is 1. The fourth-order valence-corrected chi connectivity index (χ4v) is 3.30. The molecule has 0 unspecified atom stereocenters. The molecule has 0 spiro atoms. The fraction of sp³-hybridized carbons (Fsp3) is 0.423. The van der Waals surface area contributed by atoms with Crippen LogP contribution in [0.4, 0.5) is 0 Å². The molecular formula is C26H34N2O5. The van der Waals surface area contributed by atoms with Crippen molar-refractivity contribution in [3.8, 4) is 11.5 Å². The Morgan fingerprint density at radius 1 is 1.03 bits per heavy atom. The van der Waals surface area contributed by atoms with Crippen molar-refractivity contribution in [3.05, 3.63) is 58.7 Å². The third-order valence-corrected chi connectivity index (χ3v) is 5.05. The summed E-state index contributed by atoms with van der Waals surface area (Å²) in [4.78, 5) is 22.9. The maximum Gasteiger partial charge on any atom is 0.341 e. The van der Waals surface area contributed by atoms with E-state index < -0.39 is 12.6 Å². The summed E-state index contributed by atoms with van der Waals surface area (Å²) in [5.41, 5.74) is 5.46. The van der Waals surface area contributed by atoms with E-state index in [-0.39, 0.29) is 23.2 Å². The van der Waals surface area contributed by atoms with Crippen LogP contribution in [0.25, 0.3) is 0 Å². The van der Waals surface area contributed by atoms with Crippen LogP contribution < -0.4 is 10.2 Å². The Labute approximate surface area is 195 Å². The molecule has 0 saturated carbocycles. The van der Waals surface area contributed by atoms with E-state index in [1.54, 1.807) is 24.3 Å². The van der Waals surface area contributed by atoms with Crippen molar-refractivity contribution in [2.24, 2.45) is 5.10 Å². The number of nitrogens with zero attached hydrogens (tertiary/aromatic N) is 1. The summed E-state index contributed by atoms with van der Waals surface area (Å²) < 4.78 is 5.13. The lowest BCUT2D eigenvalue weighted by Gasteiger charge is -2.28. The van der Waals surface area contributed by atoms with Crippen LogP contribution in [-0.2, 0) is 26.8 Å². The number of phenols is 1. The van der Waals surface area contributed by atoms with Crippen molar-refractivity contribution in [3.63, 3.8) is 0 Å². The molecule has 0 atom stereocenters. The highest BCUT2D eigenvalue weighted by Crippen LogP contribution is 2.39. The first-order valence-electron chi connectivity index (χ1n) is 10.9. The molecule has 0 fully saturated rings. The molecule has 0 heterocycles. The van der Waals surface area contributed by atoms with Crippen molar-refractivity contribution >= 4 is 18.1 Å². The van der Waals surface area contributed by atoms with E-state index in [4.69, 9.17) is 9.84 Å². The average molecular weight is 455 g/mol. The zero-order valence-electron chi connectivity index (χ0n) is 20.2. The van der Waals surface area contributed by atoms with Gasteiger partial charge in [-0.25, -0.2) is 10.2 Å². The van der Waals surface area contributed by atoms with E-state index in [0.29, 0.717) is 23.5 Å². The number of nitrogens with one attached hydrogen (secondary N) is 1. The first-order chi connectivity index (χ1) is 15.3. The summed E-state index contributed by atoms with van der Waals surface area (Å²) in [7, 11) is 0. The molecule has 3 N–H and O–H groups in total. The number of amides is 1. The van der Waals surface area contributed by atoms with Crippen molar-refractivity contribution in [1.82, 2.24) is 5.43 Å². The van der Waals surface area contributed by atoms with Crippen LogP contribution in [0.3, 0.4) is 0 Å². The summed E-state index contributed by atoms with van der Waals surface area (Å²) in [6, 6.07) is 10.7. The van der Waals surface area contributed by atoms with Gasteiger partial charge in [-0.05, 0) is 51.6 Å². The molecule has 0 saturated heterocycles. The topological polar surface area (TPSA) is 108 Å². The first kappa shape index (κ1) is 25.9. The summed E-state index contributed by atoms with van der Waals surface area (Å²) in [6.07, 6.45) is 2.24. The van der Waals surface area contributed by atoms with E-state index in [9.17, 15) is 14.7 Å². The molecule has 0 radical (unpaired) electrons. The number of hydrogen-bond donors (Lipinski definition) is 3. The second kappa shape index (κ2) is 10.5. The largest absolute Gasteiger partial charge is 0.507 e. The van der Waals surface area contributed by atoms with E-state index in [0.717, 1.165) is 16.7 Å². The lowest BCUT2D eigenvalue weighted by molar-refractivity contribution is -0.139. The second-order valence-electron chi connectivity index (χ2n) is 10.1. The molecule has 0 aromatic heterocycles. The van der Waals surface area contributed by atoms with Gasteiger partial charge in [0.25, 0.3) is 0 Å². The van der Waals surface area contributed by atoms with Gasteiger partial charge in [-0.3, -0.25) is 4.79 Å². The second-order valence-corrected chi connectivity index (χ2v) is 10.1. The SMILES string of the molecule is CC(C)(C)c1cc(CCC(=O)N/N=C\c2cccc(OCC(=O)O)c2)cc(C(C)(C)C)c1O. The molecule has 1 amide bonds. The molecular weight excluding hydrogens is 420 g/mol. The minimum Gasteiger partial charge on any atom is -0.507 e. The minimum absolute atomic E-state index is 0.227. The Balaban J connectivity index is 2.03. The molecule has 2 rings (SSSR count). The van der Waals surface area contributed by atoms with Crippen LogP contribution in [0.15, 0.2) is 41.5 Å². The van der Waals surface area contributed by atoms with Crippen LogP contribution in [0.2, 0.25) is 0 Å². The lowest BCUT2D eigenvalue weighted by atomic mass is 9.78. The van der Waals surface area contributed by atoms with Gasteiger partial charge in [0, 0.05) is 6.42 Å². The number of ether oxygens (including phenoxy) is 1. The van der Waals surface area contributed by atoms with Crippen LogP contribution >= 0.6 is 0 Å². The lowest BCUT2D eigenvalue weighted by Crippen LogP contribution is -2.20. The Morgan fingerprint density at radius 3 is 2.18 bits per heavy atom. The number of carboxylic acid groups (broad SMARTS) is 1. The maximum absolute atomic E-state index is 12.3. The monoisotopic (exact) mass is 454 g/mol. The van der Waals surface area contributed by atoms with Crippen molar-refractivity contribution < 1.29 is 24.5 Å². The van der Waals surface area contributed by atoms with E-state index in [1.807, 2.05) is 12.1 Å². The number of aliphatic carboxylic acids is 1. The van der Waals surface area contributed by atoms with Crippen LogP contribution in [0, 0.1) is 0 Å². The number of carbonyl (C=O) groups is 2. The molecule has 0 aliphatic carbocycles. The summed E-state index contributed by atoms with van der Waals surface area (Å²) >= 11 is 0. The predicted octanol–water partition coefficient (Wildman–Crippen LogP) is 4.53. The molecule has 7 nitrogen and oxygen atoms in total. The first-order valence-corrected chi connectivity index (χ1v) is 10.9. The van der Waals surface area contributed by atoms with Gasteiger partial charge < -0.3 is 14.9 Å². The quantitative estimate of drug-likeness (QED) is 0.401. The number of aryl methyl sites for hydroxylation is 1. The standard InChI is InChI=1S/C26H34N2O5/c1-25(2,3)20-13-17(14-21(24(20)32)26(4,5)6)10-11-22(29)28-27-15-18-8-7-9-19(12-18)33-16-23(30)31/h7-9,12-15,32H,10-11,16H2,1-6H3,(H,28,29)(H,30,31)/b27-15-. The Hall–Kier alpha value is -3.35. The molecule has 7 heteroatoms. The van der Waals surface area contributed by atoms with Crippen LogP contribution in [-0.4, -0.2) is 34.9 Å². The predicted molar refractivity (Wildman–Crippen MR) is 129 cm³/mol. The molecule has 0 aliphatic rings. The smallest absolute Gasteiger partial charge is 0.341 e. The van der Waals surface area contributed by atoms with Gasteiger partial charge in [0.1, 0.15) is 11.5 Å².